The van der Waals surface area contributed by atoms with Gasteiger partial charge in [0, 0.05) is 75.4 Å². The van der Waals surface area contributed by atoms with E-state index in [1.165, 1.54) is 21.7 Å². The maximum atomic E-state index is 13.0. The lowest BCUT2D eigenvalue weighted by Gasteiger charge is -2.25. The predicted octanol–water partition coefficient (Wildman–Crippen LogP) is 4.58. The van der Waals surface area contributed by atoms with Gasteiger partial charge in [-0.1, -0.05) is 83.1 Å². The normalized spacial score (nSPS) is 10.5. The van der Waals surface area contributed by atoms with Crippen molar-refractivity contribution in [3.05, 3.63) is 55.6 Å². The van der Waals surface area contributed by atoms with Crippen LogP contribution in [0.4, 0.5) is 11.4 Å². The molecule has 0 fully saturated rings. The second kappa shape index (κ2) is 49.2. The van der Waals surface area contributed by atoms with Gasteiger partial charge in [-0.2, -0.15) is 0 Å². The smallest absolute Gasteiger partial charge is 0.255 e. The van der Waals surface area contributed by atoms with E-state index in [1.807, 2.05) is 96.9 Å². The van der Waals surface area contributed by atoms with E-state index in [0.717, 1.165) is 16.7 Å². The van der Waals surface area contributed by atoms with Crippen LogP contribution in [0.15, 0.2) is 0 Å². The van der Waals surface area contributed by atoms with Gasteiger partial charge in [-0.05, 0) is 94.3 Å². The highest BCUT2D eigenvalue weighted by Gasteiger charge is 2.29. The highest BCUT2D eigenvalue weighted by atomic mass is 16.3. The van der Waals surface area contributed by atoms with Crippen LogP contribution < -0.4 is 16.0 Å². The summed E-state index contributed by atoms with van der Waals surface area (Å²) >= 11 is 0. The summed E-state index contributed by atoms with van der Waals surface area (Å²) in [5.74, 6) is -2.73. The molecule has 0 saturated carbocycles. The average Bonchev–Trinajstić information content (AvgIpc) is 3.42. The minimum atomic E-state index is -1.64. The maximum absolute atomic E-state index is 13.0. The molecule has 0 bridgehead atoms. The summed E-state index contributed by atoms with van der Waals surface area (Å²) in [6, 6.07) is 0. The number of anilines is 2. The first-order valence-electron chi connectivity index (χ1n) is 25.4. The van der Waals surface area contributed by atoms with Gasteiger partial charge in [0.2, 0.25) is 6.41 Å². The summed E-state index contributed by atoms with van der Waals surface area (Å²) in [4.78, 5) is 77.9. The van der Waals surface area contributed by atoms with Crippen LogP contribution >= 0.6 is 0 Å². The summed E-state index contributed by atoms with van der Waals surface area (Å²) in [7, 11) is 4.73. The summed E-state index contributed by atoms with van der Waals surface area (Å²) in [5.41, 5.74) is 5.70. The number of carbonyl (C=O) groups is 6. The Kier molecular flexibility index (Phi) is 55.2. The third-order valence-electron chi connectivity index (χ3n) is 9.87. The number of benzene rings is 2. The van der Waals surface area contributed by atoms with Gasteiger partial charge in [0.05, 0.1) is 39.1 Å². The molecule has 2 rings (SSSR count). The highest BCUT2D eigenvalue weighted by molar-refractivity contribution is 6.08. The summed E-state index contributed by atoms with van der Waals surface area (Å²) in [5, 5.41) is 78.7. The van der Waals surface area contributed by atoms with E-state index in [0.29, 0.717) is 53.0 Å². The lowest BCUT2D eigenvalue weighted by molar-refractivity contribution is -0.126. The Morgan fingerprint density at radius 3 is 1.21 bits per heavy atom. The van der Waals surface area contributed by atoms with E-state index in [4.69, 9.17) is 25.5 Å². The number of hydrogen-bond donors (Lipinski definition) is 11. The molecule has 0 aliphatic carbocycles. The lowest BCUT2D eigenvalue weighted by Crippen LogP contribution is -2.37. The molecule has 0 aliphatic rings. The van der Waals surface area contributed by atoms with Gasteiger partial charge in [-0.25, -0.2) is 0 Å². The summed E-state index contributed by atoms with van der Waals surface area (Å²) in [6.07, 6.45) is -3.60. The topological polar surface area (TPSA) is 310 Å². The molecule has 3 unspecified atom stereocenters. The number of rotatable bonds is 18. The Morgan fingerprint density at radius 1 is 0.507 bits per heavy atom. The minimum absolute atomic E-state index is 0.0357. The fraction of sp³-hybridized carbons (Fsp3) is 0.660. The molecule has 0 heterocycles. The van der Waals surface area contributed by atoms with Crippen molar-refractivity contribution >= 4 is 47.3 Å². The van der Waals surface area contributed by atoms with Crippen LogP contribution in [0.25, 0.3) is 0 Å². The molecule has 0 aromatic heterocycles. The van der Waals surface area contributed by atoms with Crippen LogP contribution in [0.2, 0.25) is 0 Å². The van der Waals surface area contributed by atoms with E-state index in [2.05, 4.69) is 16.0 Å². The van der Waals surface area contributed by atoms with Crippen LogP contribution in [0.5, 0.6) is 0 Å². The van der Waals surface area contributed by atoms with Crippen molar-refractivity contribution in [1.29, 1.82) is 0 Å². The average molecular weight is 1050 g/mol. The zero-order chi connectivity index (χ0) is 59.5. The van der Waals surface area contributed by atoms with E-state index in [1.54, 1.807) is 55.6 Å². The summed E-state index contributed by atoms with van der Waals surface area (Å²) in [6.45, 7) is 36.6. The molecule has 11 N–H and O–H groups in total. The number of nitrogens with zero attached hydrogens (tertiary/aromatic N) is 3. The van der Waals surface area contributed by atoms with Gasteiger partial charge < -0.3 is 71.5 Å². The Labute approximate surface area is 439 Å². The Morgan fingerprint density at radius 2 is 0.863 bits per heavy atom. The van der Waals surface area contributed by atoms with Crippen molar-refractivity contribution in [3.63, 3.8) is 0 Å². The quantitative estimate of drug-likeness (QED) is 0.0912. The van der Waals surface area contributed by atoms with E-state index >= 15 is 0 Å². The Hall–Kier alpha value is -5.06. The molecular weight excluding hydrogens is 945 g/mol. The standard InChI is InChI=1S/C21H32N4O6.C18H28N2O6.C2H6O2.6C2H6/c1-7-25(6)21(31)17-12(2)16(20(30)22-8-9-24(5)11-27)13(3)18(14(17)4)23-19(29)15(28)10-26;1-9-10(2)15(18(26)20(5)6-13(23)7-21)12(4)16(11(9)3)19-17(25)14(24)8-22;3-1-2-4;6*1-2/h11,15,26,28H,7-10H2,1-6H3,(H,22,30)(H,23,29);13-14,21-24H,6-8H2,1-5H3,(H,19,25);3-4H,1-2H2;6*1-2H3. The van der Waals surface area contributed by atoms with Crippen molar-refractivity contribution in [3.8, 4) is 0 Å². The number of amides is 6. The van der Waals surface area contributed by atoms with Crippen LogP contribution in [0.1, 0.15) is 160 Å². The first-order valence-corrected chi connectivity index (χ1v) is 25.4. The number of aliphatic hydroxyl groups excluding tert-OH is 8. The third kappa shape index (κ3) is 28.3. The van der Waals surface area contributed by atoms with Crippen molar-refractivity contribution in [2.24, 2.45) is 0 Å². The monoisotopic (exact) mass is 1050 g/mol. The van der Waals surface area contributed by atoms with Gasteiger partial charge in [0.1, 0.15) is 0 Å². The number of aliphatic hydroxyl groups is 8. The zero-order valence-electron chi connectivity index (χ0n) is 49.0. The van der Waals surface area contributed by atoms with E-state index < -0.39 is 55.9 Å². The van der Waals surface area contributed by atoms with Gasteiger partial charge in [-0.3, -0.25) is 28.8 Å². The van der Waals surface area contributed by atoms with Crippen LogP contribution in [-0.2, 0) is 14.4 Å². The van der Waals surface area contributed by atoms with Gasteiger partial charge in [0.15, 0.2) is 12.2 Å². The van der Waals surface area contributed by atoms with Crippen LogP contribution in [0.3, 0.4) is 0 Å². The maximum Gasteiger partial charge on any atom is 0.255 e. The molecule has 6 amide bonds. The second-order valence-corrected chi connectivity index (χ2v) is 14.3. The molecule has 0 aliphatic heterocycles. The minimum Gasteiger partial charge on any atom is -0.394 e. The zero-order valence-corrected chi connectivity index (χ0v) is 49.0. The predicted molar refractivity (Wildman–Crippen MR) is 295 cm³/mol. The molecule has 0 radical (unpaired) electrons. The molecule has 2 aromatic rings. The molecule has 20 heteroatoms. The molecule has 2 aromatic carbocycles. The van der Waals surface area contributed by atoms with Crippen molar-refractivity contribution < 1.29 is 69.6 Å². The third-order valence-corrected chi connectivity index (χ3v) is 9.87. The first kappa shape index (κ1) is 82.0. The van der Waals surface area contributed by atoms with Crippen molar-refractivity contribution in [2.45, 2.75) is 157 Å². The Balaban J connectivity index is -0.000000187. The summed E-state index contributed by atoms with van der Waals surface area (Å²) < 4.78 is 0. The number of carbonyl (C=O) groups excluding carboxylic acids is 6. The van der Waals surface area contributed by atoms with Crippen LogP contribution in [-0.4, -0.2) is 190 Å². The fourth-order valence-electron chi connectivity index (χ4n) is 5.97. The van der Waals surface area contributed by atoms with Gasteiger partial charge in [-0.15, -0.1) is 0 Å². The number of likely N-dealkylation sites (N-methyl/N-ethyl adjacent to an activating group) is 2. The largest absolute Gasteiger partial charge is 0.394 e. The molecule has 0 spiro atoms. The van der Waals surface area contributed by atoms with Gasteiger partial charge >= 0.3 is 0 Å². The van der Waals surface area contributed by atoms with E-state index in [-0.39, 0.29) is 54.9 Å². The van der Waals surface area contributed by atoms with Crippen molar-refractivity contribution in [2.75, 3.05) is 91.0 Å². The molecule has 3 atom stereocenters. The molecule has 73 heavy (non-hydrogen) atoms. The van der Waals surface area contributed by atoms with E-state index in [9.17, 15) is 44.1 Å². The number of nitrogens with one attached hydrogen (secondary N) is 3. The lowest BCUT2D eigenvalue weighted by atomic mass is 9.89. The molecule has 0 saturated heterocycles. The SMILES string of the molecule is CC.CC.CC.CC.CC.CC.CCN(C)C(=O)c1c(C)c(NC(=O)C(O)CO)c(C)c(C(=O)NCCN(C)C=O)c1C.Cc1c(C)c(NC(=O)C(O)CO)c(C)c(C(=O)N(C)CC(O)CO)c1C.OCCO. The molecule has 20 nitrogen and oxygen atoms in total. The van der Waals surface area contributed by atoms with Crippen molar-refractivity contribution in [1.82, 2.24) is 20.0 Å². The fourth-order valence-corrected chi connectivity index (χ4v) is 5.97. The van der Waals surface area contributed by atoms with Gasteiger partial charge in [0.25, 0.3) is 29.5 Å². The molecular formula is C53H102N6O14. The number of hydrogen-bond acceptors (Lipinski definition) is 14. The Bertz CT molecular complexity index is 1840. The second-order valence-electron chi connectivity index (χ2n) is 14.3. The van der Waals surface area contributed by atoms with Crippen LogP contribution in [0, 0.1) is 48.5 Å². The molecule has 428 valence electrons. The first-order chi connectivity index (χ1) is 34.5. The highest BCUT2D eigenvalue weighted by Crippen LogP contribution is 2.33.